The molecule has 7 heteroatoms. The highest BCUT2D eigenvalue weighted by atomic mass is 16.5. The highest BCUT2D eigenvalue weighted by molar-refractivity contribution is 5.96. The largest absolute Gasteiger partial charge is 0.495 e. The third kappa shape index (κ3) is 4.13. The van der Waals surface area contributed by atoms with E-state index in [0.717, 1.165) is 30.2 Å². The number of hydrogen-bond acceptors (Lipinski definition) is 4. The Kier molecular flexibility index (Phi) is 5.55. The molecule has 2 aromatic rings. The van der Waals surface area contributed by atoms with Crippen molar-refractivity contribution in [3.8, 4) is 5.75 Å². The number of rotatable bonds is 4. The van der Waals surface area contributed by atoms with E-state index in [1.54, 1.807) is 12.0 Å². The molecule has 0 bridgehead atoms. The molecule has 2 aliphatic heterocycles. The van der Waals surface area contributed by atoms with E-state index in [9.17, 15) is 9.59 Å². The molecule has 1 unspecified atom stereocenters. The second kappa shape index (κ2) is 8.43. The number of nitrogens with one attached hydrogen (secondary N) is 1. The molecule has 2 heterocycles. The molecule has 2 fully saturated rings. The molecule has 2 aromatic carbocycles. The number of benzene rings is 2. The van der Waals surface area contributed by atoms with Crippen LogP contribution in [0.25, 0.3) is 0 Å². The number of hydrogen-bond donors (Lipinski definition) is 1. The molecule has 7 nitrogen and oxygen atoms in total. The second-order valence-corrected chi connectivity index (χ2v) is 7.34. The SMILES string of the molecule is COc1ccccc1N1CCN(C(=O)NC2CC(=O)N(c3ccccc3)C2)CC1. The Morgan fingerprint density at radius 2 is 1.69 bits per heavy atom. The molecule has 3 amide bonds. The zero-order valence-corrected chi connectivity index (χ0v) is 16.6. The van der Waals surface area contributed by atoms with Crippen molar-refractivity contribution in [3.63, 3.8) is 0 Å². The first-order chi connectivity index (χ1) is 14.2. The Balaban J connectivity index is 1.31. The summed E-state index contributed by atoms with van der Waals surface area (Å²) in [5.41, 5.74) is 1.93. The van der Waals surface area contributed by atoms with Crippen molar-refractivity contribution in [2.75, 3.05) is 49.6 Å². The molecule has 0 aliphatic carbocycles. The normalized spacial score (nSPS) is 19.4. The van der Waals surface area contributed by atoms with Crippen molar-refractivity contribution in [1.29, 1.82) is 0 Å². The summed E-state index contributed by atoms with van der Waals surface area (Å²) in [6.45, 7) is 3.26. The number of amides is 3. The summed E-state index contributed by atoms with van der Waals surface area (Å²) in [5.74, 6) is 0.887. The smallest absolute Gasteiger partial charge is 0.317 e. The molecule has 29 heavy (non-hydrogen) atoms. The summed E-state index contributed by atoms with van der Waals surface area (Å²) in [5, 5.41) is 3.04. The van der Waals surface area contributed by atoms with Gasteiger partial charge in [0.05, 0.1) is 18.8 Å². The van der Waals surface area contributed by atoms with E-state index in [0.29, 0.717) is 26.1 Å². The van der Waals surface area contributed by atoms with Crippen LogP contribution in [0.15, 0.2) is 54.6 Å². The summed E-state index contributed by atoms with van der Waals surface area (Å²) in [4.78, 5) is 30.9. The molecular formula is C22H26N4O3. The molecule has 4 rings (SSSR count). The van der Waals surface area contributed by atoms with Crippen molar-refractivity contribution in [2.24, 2.45) is 0 Å². The van der Waals surface area contributed by atoms with Crippen LogP contribution in [0.1, 0.15) is 6.42 Å². The third-order valence-electron chi connectivity index (χ3n) is 5.51. The van der Waals surface area contributed by atoms with Crippen LogP contribution in [0.2, 0.25) is 0 Å². The van der Waals surface area contributed by atoms with Crippen LogP contribution in [-0.4, -0.2) is 62.7 Å². The molecule has 0 saturated carbocycles. The minimum absolute atomic E-state index is 0.0440. The first-order valence-corrected chi connectivity index (χ1v) is 9.94. The van der Waals surface area contributed by atoms with E-state index in [-0.39, 0.29) is 18.0 Å². The topological polar surface area (TPSA) is 65.1 Å². The number of nitrogens with zero attached hydrogens (tertiary/aromatic N) is 3. The molecular weight excluding hydrogens is 368 g/mol. The monoisotopic (exact) mass is 394 g/mol. The van der Waals surface area contributed by atoms with Crippen molar-refractivity contribution in [2.45, 2.75) is 12.5 Å². The van der Waals surface area contributed by atoms with E-state index in [1.807, 2.05) is 59.5 Å². The van der Waals surface area contributed by atoms with Gasteiger partial charge in [-0.25, -0.2) is 4.79 Å². The number of anilines is 2. The highest BCUT2D eigenvalue weighted by Crippen LogP contribution is 2.28. The van der Waals surface area contributed by atoms with Gasteiger partial charge >= 0.3 is 6.03 Å². The van der Waals surface area contributed by atoms with E-state index in [2.05, 4.69) is 10.2 Å². The molecule has 0 radical (unpaired) electrons. The van der Waals surface area contributed by atoms with Crippen LogP contribution >= 0.6 is 0 Å². The van der Waals surface area contributed by atoms with Crippen LogP contribution in [0.4, 0.5) is 16.2 Å². The van der Waals surface area contributed by atoms with Gasteiger partial charge in [0.2, 0.25) is 5.91 Å². The minimum atomic E-state index is -0.164. The van der Waals surface area contributed by atoms with Gasteiger partial charge in [0, 0.05) is 44.8 Å². The lowest BCUT2D eigenvalue weighted by molar-refractivity contribution is -0.117. The van der Waals surface area contributed by atoms with E-state index < -0.39 is 0 Å². The van der Waals surface area contributed by atoms with Crippen molar-refractivity contribution in [3.05, 3.63) is 54.6 Å². The fourth-order valence-corrected chi connectivity index (χ4v) is 3.97. The fraction of sp³-hybridized carbons (Fsp3) is 0.364. The highest BCUT2D eigenvalue weighted by Gasteiger charge is 2.33. The van der Waals surface area contributed by atoms with Gasteiger partial charge in [-0.3, -0.25) is 4.79 Å². The van der Waals surface area contributed by atoms with Crippen LogP contribution < -0.4 is 19.9 Å². The lowest BCUT2D eigenvalue weighted by atomic mass is 10.2. The Bertz CT molecular complexity index is 865. The van der Waals surface area contributed by atoms with E-state index in [1.165, 1.54) is 0 Å². The zero-order valence-electron chi connectivity index (χ0n) is 16.6. The van der Waals surface area contributed by atoms with Crippen molar-refractivity contribution in [1.82, 2.24) is 10.2 Å². The number of carbonyl (C=O) groups is 2. The maximum Gasteiger partial charge on any atom is 0.317 e. The number of para-hydroxylation sites is 3. The average Bonchev–Trinajstić information content (AvgIpc) is 3.14. The van der Waals surface area contributed by atoms with E-state index in [4.69, 9.17) is 4.74 Å². The summed E-state index contributed by atoms with van der Waals surface area (Å²) in [6.07, 6.45) is 0.335. The van der Waals surface area contributed by atoms with Crippen molar-refractivity contribution < 1.29 is 14.3 Å². The average molecular weight is 394 g/mol. The molecule has 2 saturated heterocycles. The Morgan fingerprint density at radius 1 is 1.00 bits per heavy atom. The second-order valence-electron chi connectivity index (χ2n) is 7.34. The van der Waals surface area contributed by atoms with Gasteiger partial charge in [0.25, 0.3) is 0 Å². The van der Waals surface area contributed by atoms with Gasteiger partial charge in [0.15, 0.2) is 0 Å². The molecule has 1 N–H and O–H groups in total. The van der Waals surface area contributed by atoms with Gasteiger partial charge in [0.1, 0.15) is 5.75 Å². The van der Waals surface area contributed by atoms with Crippen LogP contribution in [0.5, 0.6) is 5.75 Å². The Hall–Kier alpha value is -3.22. The van der Waals surface area contributed by atoms with Crippen LogP contribution in [0.3, 0.4) is 0 Å². The first kappa shape index (κ1) is 19.1. The number of carbonyl (C=O) groups excluding carboxylic acids is 2. The zero-order chi connectivity index (χ0) is 20.2. The number of piperazine rings is 1. The lowest BCUT2D eigenvalue weighted by Gasteiger charge is -2.37. The molecule has 0 spiro atoms. The van der Waals surface area contributed by atoms with Crippen molar-refractivity contribution >= 4 is 23.3 Å². The van der Waals surface area contributed by atoms with Crippen LogP contribution in [-0.2, 0) is 4.79 Å². The number of ether oxygens (including phenoxy) is 1. The van der Waals surface area contributed by atoms with Crippen LogP contribution in [0, 0.1) is 0 Å². The minimum Gasteiger partial charge on any atom is -0.495 e. The third-order valence-corrected chi connectivity index (χ3v) is 5.51. The predicted molar refractivity (Wildman–Crippen MR) is 113 cm³/mol. The van der Waals surface area contributed by atoms with E-state index >= 15 is 0 Å². The standard InChI is InChI=1S/C22H26N4O3/c1-29-20-10-6-5-9-19(20)24-11-13-25(14-12-24)22(28)23-17-15-21(27)26(16-17)18-7-3-2-4-8-18/h2-10,17H,11-16H2,1H3,(H,23,28). The number of methoxy groups -OCH3 is 1. The fourth-order valence-electron chi connectivity index (χ4n) is 3.97. The maximum absolute atomic E-state index is 12.7. The lowest BCUT2D eigenvalue weighted by Crippen LogP contribution is -2.54. The molecule has 0 aromatic heterocycles. The summed E-state index contributed by atoms with van der Waals surface area (Å²) < 4.78 is 5.45. The first-order valence-electron chi connectivity index (χ1n) is 9.94. The summed E-state index contributed by atoms with van der Waals surface area (Å²) in [6, 6.07) is 17.2. The Morgan fingerprint density at radius 3 is 2.41 bits per heavy atom. The number of urea groups is 1. The predicted octanol–water partition coefficient (Wildman–Crippen LogP) is 2.33. The van der Waals surface area contributed by atoms with Gasteiger partial charge in [-0.05, 0) is 24.3 Å². The molecule has 1 atom stereocenters. The van der Waals surface area contributed by atoms with Gasteiger partial charge in [-0.1, -0.05) is 30.3 Å². The quantitative estimate of drug-likeness (QED) is 0.865. The van der Waals surface area contributed by atoms with Gasteiger partial charge in [-0.2, -0.15) is 0 Å². The Labute approximate surface area is 170 Å². The molecule has 2 aliphatic rings. The summed E-state index contributed by atoms with van der Waals surface area (Å²) in [7, 11) is 1.67. The van der Waals surface area contributed by atoms with Gasteiger partial charge in [-0.15, -0.1) is 0 Å². The van der Waals surface area contributed by atoms with Gasteiger partial charge < -0.3 is 24.8 Å². The molecule has 152 valence electrons. The maximum atomic E-state index is 12.7. The summed E-state index contributed by atoms with van der Waals surface area (Å²) >= 11 is 0.